The van der Waals surface area contributed by atoms with Crippen LogP contribution in [0.5, 0.6) is 17.2 Å². The second-order valence-corrected chi connectivity index (χ2v) is 10.9. The fourth-order valence-electron chi connectivity index (χ4n) is 4.73. The zero-order chi connectivity index (χ0) is 27.5. The van der Waals surface area contributed by atoms with Crippen LogP contribution in [0.1, 0.15) is 32.2 Å². The zero-order valence-electron chi connectivity index (χ0n) is 22.5. The molecule has 2 heterocycles. The molecule has 1 N–H and O–H groups in total. The Labute approximate surface area is 232 Å². The lowest BCUT2D eigenvalue weighted by atomic mass is 10.1. The van der Waals surface area contributed by atoms with Crippen LogP contribution in [0, 0.1) is 0 Å². The van der Waals surface area contributed by atoms with Crippen molar-refractivity contribution in [3.8, 4) is 17.2 Å². The number of rotatable bonds is 10. The van der Waals surface area contributed by atoms with Gasteiger partial charge in [-0.2, -0.15) is 0 Å². The molecule has 3 aromatic carbocycles. The normalized spacial score (nSPS) is 15.2. The van der Waals surface area contributed by atoms with E-state index in [1.165, 1.54) is 0 Å². The first-order chi connectivity index (χ1) is 18.8. The average molecular weight is 545 g/mol. The number of imidazole rings is 1. The Morgan fingerprint density at radius 1 is 1.03 bits per heavy atom. The van der Waals surface area contributed by atoms with E-state index in [0.717, 1.165) is 57.9 Å². The maximum Gasteiger partial charge on any atom is 0.286 e. The summed E-state index contributed by atoms with van der Waals surface area (Å²) in [5, 5.41) is 1.65. The van der Waals surface area contributed by atoms with Gasteiger partial charge in [-0.1, -0.05) is 30.0 Å². The van der Waals surface area contributed by atoms with Gasteiger partial charge in [-0.25, -0.2) is 4.98 Å². The van der Waals surface area contributed by atoms with Gasteiger partial charge in [0.25, 0.3) is 5.24 Å². The van der Waals surface area contributed by atoms with E-state index in [0.29, 0.717) is 24.8 Å². The summed E-state index contributed by atoms with van der Waals surface area (Å²) in [6.45, 7) is 7.76. The standard InChI is InChI=1S/C30H32N4O4S/c1-5-34(19(2)3)21-7-6-8-23(16-21)38-24-13-14-25-26(17-24)33(4)28(31-25)18-37-22-11-9-20(10-12-22)15-27-29(35)32-30(36)39-27/h6-14,16-17,19,27H,5,15,18H2,1-4H3,(H,32,35,36). The van der Waals surface area contributed by atoms with Crippen molar-refractivity contribution in [2.75, 3.05) is 11.4 Å². The van der Waals surface area contributed by atoms with E-state index in [1.54, 1.807) is 0 Å². The summed E-state index contributed by atoms with van der Waals surface area (Å²) in [4.78, 5) is 30.3. The molecule has 1 aliphatic rings. The molecule has 1 aliphatic heterocycles. The van der Waals surface area contributed by atoms with E-state index in [1.807, 2.05) is 66.2 Å². The number of amides is 2. The highest BCUT2D eigenvalue weighted by molar-refractivity contribution is 8.15. The number of benzene rings is 3. The monoisotopic (exact) mass is 544 g/mol. The molecule has 0 aliphatic carbocycles. The first kappa shape index (κ1) is 26.6. The van der Waals surface area contributed by atoms with Crippen LogP contribution < -0.4 is 19.7 Å². The van der Waals surface area contributed by atoms with Crippen molar-refractivity contribution < 1.29 is 19.1 Å². The number of aryl methyl sites for hydroxylation is 1. The van der Waals surface area contributed by atoms with Crippen molar-refractivity contribution in [3.63, 3.8) is 0 Å². The molecule has 1 saturated heterocycles. The van der Waals surface area contributed by atoms with Gasteiger partial charge in [0.05, 0.1) is 16.3 Å². The van der Waals surface area contributed by atoms with E-state index >= 15 is 0 Å². The Morgan fingerprint density at radius 2 is 1.77 bits per heavy atom. The predicted octanol–water partition coefficient (Wildman–Crippen LogP) is 6.07. The smallest absolute Gasteiger partial charge is 0.286 e. The molecule has 202 valence electrons. The lowest BCUT2D eigenvalue weighted by Gasteiger charge is -2.27. The molecule has 2 amide bonds. The highest BCUT2D eigenvalue weighted by atomic mass is 32.2. The minimum Gasteiger partial charge on any atom is -0.486 e. The third-order valence-electron chi connectivity index (χ3n) is 6.77. The van der Waals surface area contributed by atoms with E-state index in [9.17, 15) is 9.59 Å². The minimum atomic E-state index is -0.381. The van der Waals surface area contributed by atoms with Crippen LogP contribution in [-0.4, -0.2) is 38.5 Å². The molecule has 8 nitrogen and oxygen atoms in total. The van der Waals surface area contributed by atoms with Gasteiger partial charge in [-0.05, 0) is 69.2 Å². The van der Waals surface area contributed by atoms with E-state index < -0.39 is 0 Å². The summed E-state index contributed by atoms with van der Waals surface area (Å²) in [7, 11) is 1.97. The predicted molar refractivity (Wildman–Crippen MR) is 155 cm³/mol. The molecule has 1 fully saturated rings. The molecule has 0 saturated carbocycles. The molecular weight excluding hydrogens is 512 g/mol. The third kappa shape index (κ3) is 6.04. The summed E-state index contributed by atoms with van der Waals surface area (Å²) in [6, 6.07) is 22.0. The van der Waals surface area contributed by atoms with Crippen molar-refractivity contribution >= 4 is 39.6 Å². The first-order valence-electron chi connectivity index (χ1n) is 13.0. The Hall–Kier alpha value is -3.98. The highest BCUT2D eigenvalue weighted by Gasteiger charge is 2.31. The number of ether oxygens (including phenoxy) is 2. The number of thioether (sulfide) groups is 1. The van der Waals surface area contributed by atoms with Gasteiger partial charge in [0, 0.05) is 37.5 Å². The molecule has 4 aromatic rings. The molecule has 1 unspecified atom stereocenters. The molecule has 9 heteroatoms. The van der Waals surface area contributed by atoms with Crippen molar-refractivity contribution in [1.82, 2.24) is 14.9 Å². The van der Waals surface area contributed by atoms with Crippen LogP contribution in [0.2, 0.25) is 0 Å². The molecule has 0 radical (unpaired) electrons. The number of nitrogens with zero attached hydrogens (tertiary/aromatic N) is 3. The van der Waals surface area contributed by atoms with Crippen LogP contribution in [-0.2, 0) is 24.9 Å². The Balaban J connectivity index is 1.24. The van der Waals surface area contributed by atoms with Crippen molar-refractivity contribution in [2.24, 2.45) is 7.05 Å². The molecule has 1 aromatic heterocycles. The lowest BCUT2D eigenvalue weighted by molar-refractivity contribution is -0.118. The van der Waals surface area contributed by atoms with Crippen LogP contribution in [0.15, 0.2) is 66.7 Å². The second-order valence-electron chi connectivity index (χ2n) is 9.74. The van der Waals surface area contributed by atoms with E-state index in [-0.39, 0.29) is 16.4 Å². The maximum atomic E-state index is 11.8. The number of nitrogens with one attached hydrogen (secondary N) is 1. The van der Waals surface area contributed by atoms with Gasteiger partial charge in [-0.15, -0.1) is 0 Å². The highest BCUT2D eigenvalue weighted by Crippen LogP contribution is 2.30. The fraction of sp³-hybridized carbons (Fsp3) is 0.300. The Bertz CT molecular complexity index is 1500. The number of imide groups is 1. The quantitative estimate of drug-likeness (QED) is 0.259. The lowest BCUT2D eigenvalue weighted by Crippen LogP contribution is -2.30. The van der Waals surface area contributed by atoms with Crippen molar-refractivity contribution in [2.45, 2.75) is 45.1 Å². The number of anilines is 1. The van der Waals surface area contributed by atoms with Gasteiger partial charge in [0.1, 0.15) is 29.7 Å². The number of carbonyl (C=O) groups excluding carboxylic acids is 2. The Morgan fingerprint density at radius 3 is 2.46 bits per heavy atom. The van der Waals surface area contributed by atoms with Gasteiger partial charge < -0.3 is 18.9 Å². The topological polar surface area (TPSA) is 85.7 Å². The van der Waals surface area contributed by atoms with Gasteiger partial charge in [-0.3, -0.25) is 14.9 Å². The van der Waals surface area contributed by atoms with E-state index in [4.69, 9.17) is 14.5 Å². The van der Waals surface area contributed by atoms with Gasteiger partial charge >= 0.3 is 0 Å². The van der Waals surface area contributed by atoms with Crippen LogP contribution >= 0.6 is 11.8 Å². The maximum absolute atomic E-state index is 11.8. The summed E-state index contributed by atoms with van der Waals surface area (Å²) in [6.07, 6.45) is 0.497. The number of aromatic nitrogens is 2. The molecular formula is C30H32N4O4S. The van der Waals surface area contributed by atoms with Gasteiger partial charge in [0.2, 0.25) is 5.91 Å². The third-order valence-corrected chi connectivity index (χ3v) is 7.75. The molecule has 0 spiro atoms. The summed E-state index contributed by atoms with van der Waals surface area (Å²) in [5.74, 6) is 2.80. The zero-order valence-corrected chi connectivity index (χ0v) is 23.3. The number of hydrogen-bond donors (Lipinski definition) is 1. The second kappa shape index (κ2) is 11.4. The first-order valence-corrected chi connectivity index (χ1v) is 13.9. The van der Waals surface area contributed by atoms with Crippen molar-refractivity contribution in [1.29, 1.82) is 0 Å². The number of carbonyl (C=O) groups is 2. The van der Waals surface area contributed by atoms with Crippen LogP contribution in [0.3, 0.4) is 0 Å². The Kier molecular flexibility index (Phi) is 7.79. The minimum absolute atomic E-state index is 0.233. The largest absolute Gasteiger partial charge is 0.486 e. The molecule has 5 rings (SSSR count). The summed E-state index contributed by atoms with van der Waals surface area (Å²) >= 11 is 1.04. The fourth-order valence-corrected chi connectivity index (χ4v) is 5.59. The summed E-state index contributed by atoms with van der Waals surface area (Å²) < 4.78 is 14.2. The summed E-state index contributed by atoms with van der Waals surface area (Å²) in [5.41, 5.74) is 3.93. The molecule has 0 bridgehead atoms. The van der Waals surface area contributed by atoms with Crippen molar-refractivity contribution in [3.05, 3.63) is 78.1 Å². The molecule has 1 atom stereocenters. The van der Waals surface area contributed by atoms with E-state index in [2.05, 4.69) is 43.1 Å². The average Bonchev–Trinajstić information content (AvgIpc) is 3.40. The van der Waals surface area contributed by atoms with Crippen LogP contribution in [0.25, 0.3) is 11.0 Å². The molecule has 39 heavy (non-hydrogen) atoms. The van der Waals surface area contributed by atoms with Crippen LogP contribution in [0.4, 0.5) is 10.5 Å². The number of fused-ring (bicyclic) bond motifs is 1. The SMILES string of the molecule is CCN(c1cccc(Oc2ccc3nc(COc4ccc(CC5SC(=O)NC5=O)cc4)n(C)c3c2)c1)C(C)C. The van der Waals surface area contributed by atoms with Gasteiger partial charge in [0.15, 0.2) is 0 Å². The number of hydrogen-bond acceptors (Lipinski definition) is 7.